The zero-order valence-corrected chi connectivity index (χ0v) is 11.5. The van der Waals surface area contributed by atoms with Crippen molar-refractivity contribution in [2.24, 2.45) is 11.3 Å². The van der Waals surface area contributed by atoms with Gasteiger partial charge in [0.25, 0.3) is 5.56 Å². The van der Waals surface area contributed by atoms with E-state index in [1.807, 2.05) is 0 Å². The lowest BCUT2D eigenvalue weighted by atomic mass is 9.74. The number of nitrogens with one attached hydrogen (secondary N) is 2. The molecule has 8 nitrogen and oxygen atoms in total. The van der Waals surface area contributed by atoms with Crippen molar-refractivity contribution in [3.8, 4) is 0 Å². The van der Waals surface area contributed by atoms with Crippen LogP contribution >= 0.6 is 0 Å². The highest BCUT2D eigenvalue weighted by atomic mass is 16.4. The predicted molar refractivity (Wildman–Crippen MR) is 71.8 cm³/mol. The van der Waals surface area contributed by atoms with Gasteiger partial charge in [-0.05, 0) is 32.6 Å². The maximum atomic E-state index is 11.7. The summed E-state index contributed by atoms with van der Waals surface area (Å²) in [6, 6.07) is 0. The van der Waals surface area contributed by atoms with Crippen LogP contribution in [0.15, 0.2) is 9.59 Å². The van der Waals surface area contributed by atoms with Gasteiger partial charge in [-0.3, -0.25) is 14.6 Å². The van der Waals surface area contributed by atoms with E-state index in [0.717, 1.165) is 12.8 Å². The lowest BCUT2D eigenvalue weighted by molar-refractivity contribution is -0.150. The zero-order chi connectivity index (χ0) is 14.9. The molecule has 0 amide bonds. The first-order valence-corrected chi connectivity index (χ1v) is 6.49. The predicted octanol–water partition coefficient (Wildman–Crippen LogP) is -0.215. The highest BCUT2D eigenvalue weighted by Crippen LogP contribution is 2.34. The van der Waals surface area contributed by atoms with Crippen molar-refractivity contribution < 1.29 is 9.90 Å². The molecule has 1 aliphatic rings. The average Bonchev–Trinajstić information content (AvgIpc) is 2.38. The summed E-state index contributed by atoms with van der Waals surface area (Å²) < 4.78 is 0. The van der Waals surface area contributed by atoms with Gasteiger partial charge < -0.3 is 10.0 Å². The molecule has 110 valence electrons. The summed E-state index contributed by atoms with van der Waals surface area (Å²) in [5.41, 5.74) is -2.08. The average molecular weight is 282 g/mol. The molecule has 0 bridgehead atoms. The van der Waals surface area contributed by atoms with Gasteiger partial charge in [-0.1, -0.05) is 0 Å². The molecule has 8 heteroatoms. The second-order valence-corrected chi connectivity index (χ2v) is 5.64. The van der Waals surface area contributed by atoms with E-state index in [9.17, 15) is 19.5 Å². The zero-order valence-electron chi connectivity index (χ0n) is 11.5. The number of aliphatic carboxylic acids is 1. The number of carbonyl (C=O) groups is 1. The van der Waals surface area contributed by atoms with Crippen LogP contribution in [-0.2, 0) is 4.79 Å². The van der Waals surface area contributed by atoms with Crippen molar-refractivity contribution in [1.29, 1.82) is 0 Å². The summed E-state index contributed by atoms with van der Waals surface area (Å²) in [7, 11) is 0. The van der Waals surface area contributed by atoms with Gasteiger partial charge in [0.15, 0.2) is 0 Å². The van der Waals surface area contributed by atoms with Crippen LogP contribution in [0.3, 0.4) is 0 Å². The Hall–Kier alpha value is -2.12. The molecule has 1 fully saturated rings. The summed E-state index contributed by atoms with van der Waals surface area (Å²) in [6.45, 7) is 4.43. The molecule has 2 rings (SSSR count). The van der Waals surface area contributed by atoms with Crippen LogP contribution in [0.25, 0.3) is 0 Å². The third kappa shape index (κ3) is 2.59. The summed E-state index contributed by atoms with van der Waals surface area (Å²) in [5, 5.41) is 15.2. The maximum absolute atomic E-state index is 11.7. The van der Waals surface area contributed by atoms with E-state index in [4.69, 9.17) is 0 Å². The number of carboxylic acids is 1. The monoisotopic (exact) mass is 282 g/mol. The number of hydrogen-bond acceptors (Lipinski definition) is 5. The van der Waals surface area contributed by atoms with Gasteiger partial charge in [-0.15, -0.1) is 5.10 Å². The van der Waals surface area contributed by atoms with Crippen molar-refractivity contribution in [3.63, 3.8) is 0 Å². The number of rotatable bonds is 3. The normalized spacial score (nSPS) is 19.9. The van der Waals surface area contributed by atoms with E-state index in [0.29, 0.717) is 13.1 Å². The molecule has 0 spiro atoms. The van der Waals surface area contributed by atoms with Crippen molar-refractivity contribution in [2.45, 2.75) is 26.7 Å². The SMILES string of the molecule is CC(C)(C(=O)O)C1CCCN(c2n[nH]c(=O)[nH]c2=O)C1. The number of aromatic amines is 2. The molecule has 0 aliphatic carbocycles. The van der Waals surface area contributed by atoms with Gasteiger partial charge in [-0.25, -0.2) is 9.89 Å². The van der Waals surface area contributed by atoms with Gasteiger partial charge in [0, 0.05) is 13.1 Å². The second-order valence-electron chi connectivity index (χ2n) is 5.64. The summed E-state index contributed by atoms with van der Waals surface area (Å²) >= 11 is 0. The Kier molecular flexibility index (Phi) is 3.65. The molecule has 1 aliphatic heterocycles. The van der Waals surface area contributed by atoms with E-state index >= 15 is 0 Å². The summed E-state index contributed by atoms with van der Waals surface area (Å²) in [4.78, 5) is 37.9. The molecule has 3 N–H and O–H groups in total. The lowest BCUT2D eigenvalue weighted by Gasteiger charge is -2.39. The van der Waals surface area contributed by atoms with Gasteiger partial charge >= 0.3 is 11.7 Å². The largest absolute Gasteiger partial charge is 0.481 e. The number of nitrogens with zero attached hydrogens (tertiary/aromatic N) is 2. The molecule has 20 heavy (non-hydrogen) atoms. The minimum atomic E-state index is -0.867. The van der Waals surface area contributed by atoms with Crippen LogP contribution in [0.2, 0.25) is 0 Å². The molecule has 1 aromatic heterocycles. The van der Waals surface area contributed by atoms with Gasteiger partial charge in [0.05, 0.1) is 5.41 Å². The molecule has 1 aromatic rings. The molecule has 1 atom stereocenters. The number of aromatic nitrogens is 3. The van der Waals surface area contributed by atoms with E-state index < -0.39 is 22.6 Å². The number of anilines is 1. The molecule has 0 radical (unpaired) electrons. The smallest absolute Gasteiger partial charge is 0.342 e. The summed E-state index contributed by atoms with van der Waals surface area (Å²) in [5.74, 6) is -0.801. The Morgan fingerprint density at radius 2 is 2.15 bits per heavy atom. The number of hydrogen-bond donors (Lipinski definition) is 3. The van der Waals surface area contributed by atoms with Crippen LogP contribution in [0.1, 0.15) is 26.7 Å². The Morgan fingerprint density at radius 1 is 1.45 bits per heavy atom. The Morgan fingerprint density at radius 3 is 2.75 bits per heavy atom. The van der Waals surface area contributed by atoms with E-state index in [-0.39, 0.29) is 11.7 Å². The maximum Gasteiger partial charge on any atom is 0.342 e. The van der Waals surface area contributed by atoms with Gasteiger partial charge in [0.1, 0.15) is 0 Å². The van der Waals surface area contributed by atoms with Crippen LogP contribution in [0, 0.1) is 11.3 Å². The van der Waals surface area contributed by atoms with Crippen LogP contribution in [-0.4, -0.2) is 39.3 Å². The first-order chi connectivity index (χ1) is 9.32. The Balaban J connectivity index is 2.25. The number of carboxylic acid groups (broad SMARTS) is 1. The fourth-order valence-corrected chi connectivity index (χ4v) is 2.49. The van der Waals surface area contributed by atoms with Crippen LogP contribution in [0.5, 0.6) is 0 Å². The minimum absolute atomic E-state index is 0.0816. The second kappa shape index (κ2) is 5.10. The number of piperidine rings is 1. The van der Waals surface area contributed by atoms with Crippen molar-refractivity contribution in [1.82, 2.24) is 15.2 Å². The number of H-pyrrole nitrogens is 2. The molecular formula is C12H18N4O4. The molecule has 0 saturated carbocycles. The lowest BCUT2D eigenvalue weighted by Crippen LogP contribution is -2.47. The topological polar surface area (TPSA) is 119 Å². The minimum Gasteiger partial charge on any atom is -0.481 e. The molecule has 1 unspecified atom stereocenters. The molecular weight excluding hydrogens is 264 g/mol. The van der Waals surface area contributed by atoms with Crippen LogP contribution < -0.4 is 16.1 Å². The molecule has 2 heterocycles. The fourth-order valence-electron chi connectivity index (χ4n) is 2.49. The van der Waals surface area contributed by atoms with Crippen molar-refractivity contribution in [2.75, 3.05) is 18.0 Å². The molecule has 1 saturated heterocycles. The summed E-state index contributed by atoms with van der Waals surface area (Å²) in [6.07, 6.45) is 1.57. The quantitative estimate of drug-likeness (QED) is 0.705. The molecule has 0 aromatic carbocycles. The first kappa shape index (κ1) is 14.3. The van der Waals surface area contributed by atoms with Gasteiger partial charge in [-0.2, -0.15) is 0 Å². The first-order valence-electron chi connectivity index (χ1n) is 6.49. The van der Waals surface area contributed by atoms with Gasteiger partial charge in [0.2, 0.25) is 5.82 Å². The van der Waals surface area contributed by atoms with E-state index in [1.54, 1.807) is 18.7 Å². The van der Waals surface area contributed by atoms with Crippen molar-refractivity contribution in [3.05, 3.63) is 20.8 Å². The Labute approximate surface area is 114 Å². The van der Waals surface area contributed by atoms with Crippen molar-refractivity contribution >= 4 is 11.8 Å². The third-order valence-corrected chi connectivity index (χ3v) is 3.99. The third-order valence-electron chi connectivity index (χ3n) is 3.99. The van der Waals surface area contributed by atoms with Crippen LogP contribution in [0.4, 0.5) is 5.82 Å². The Bertz CT molecular complexity index is 618. The fraction of sp³-hybridized carbons (Fsp3) is 0.667. The standard InChI is InChI=1S/C12H18N4O4/c1-12(2,10(18)19)7-4-3-5-16(6-7)8-9(17)13-11(20)15-14-8/h7H,3-6H2,1-2H3,(H,18,19)(H2,13,15,17,20). The highest BCUT2D eigenvalue weighted by Gasteiger charge is 2.39. The van der Waals surface area contributed by atoms with E-state index in [2.05, 4.69) is 15.2 Å². The van der Waals surface area contributed by atoms with E-state index in [1.165, 1.54) is 0 Å². The highest BCUT2D eigenvalue weighted by molar-refractivity contribution is 5.74.